The van der Waals surface area contributed by atoms with Gasteiger partial charge in [0.15, 0.2) is 11.0 Å². The van der Waals surface area contributed by atoms with E-state index in [1.165, 1.54) is 58.2 Å². The maximum atomic E-state index is 12.7. The molecule has 1 fully saturated rings. The van der Waals surface area contributed by atoms with Crippen molar-refractivity contribution in [3.63, 3.8) is 0 Å². The number of amides is 1. The lowest BCUT2D eigenvalue weighted by Crippen LogP contribution is -2.32. The highest BCUT2D eigenvalue weighted by Gasteiger charge is 2.33. The summed E-state index contributed by atoms with van der Waals surface area (Å²) in [5.74, 6) is 0.616. The normalized spacial score (nSPS) is 15.3. The molecular weight excluding hydrogens is 599 g/mol. The highest BCUT2D eigenvalue weighted by atomic mass is 32.2. The molecule has 5 rings (SSSR count). The van der Waals surface area contributed by atoms with Crippen molar-refractivity contribution in [1.82, 2.24) is 20.2 Å². The second-order valence-electron chi connectivity index (χ2n) is 9.27. The minimum absolute atomic E-state index is 0.177. The summed E-state index contributed by atoms with van der Waals surface area (Å²) in [6.07, 6.45) is -3.24. The molecule has 0 bridgehead atoms. The molecule has 15 heteroatoms. The first-order valence-corrected chi connectivity index (χ1v) is 14.2. The van der Waals surface area contributed by atoms with E-state index >= 15 is 0 Å². The van der Waals surface area contributed by atoms with Crippen molar-refractivity contribution < 1.29 is 32.5 Å². The molecule has 1 unspecified atom stereocenters. The van der Waals surface area contributed by atoms with Crippen LogP contribution in [0.15, 0.2) is 83.2 Å². The molecule has 11 nitrogen and oxygen atoms in total. The van der Waals surface area contributed by atoms with E-state index in [2.05, 4.69) is 30.3 Å². The Morgan fingerprint density at radius 3 is 2.59 bits per heavy atom. The SMILES string of the molecule is CCOc1ccc(C)cc1N1C(=O)CSC1=NC(O)N/N=C/c1ccc(-c2ncn(-c3ccc(OC(F)(F)F)cc3)n2)cc1. The molecule has 1 atom stereocenters. The summed E-state index contributed by atoms with van der Waals surface area (Å²) in [6, 6.07) is 17.9. The standard InChI is InChI=1S/C29H26F3N7O4S/c1-3-42-24-13-4-18(2)14-23(24)39-25(40)16-44-28(39)35-27(41)36-34-15-19-5-7-20(8-6-19)26-33-17-38(37-26)21-9-11-22(12-10-21)43-29(30,31)32/h4-15,17,27,36,41H,3,16H2,1-2H3/b34-15+,35-28?. The van der Waals surface area contributed by atoms with E-state index in [-0.39, 0.29) is 17.4 Å². The number of rotatable bonds is 10. The van der Waals surface area contributed by atoms with Crippen molar-refractivity contribution in [2.75, 3.05) is 17.3 Å². The van der Waals surface area contributed by atoms with Crippen LogP contribution in [0.25, 0.3) is 17.1 Å². The van der Waals surface area contributed by atoms with Crippen molar-refractivity contribution in [1.29, 1.82) is 0 Å². The summed E-state index contributed by atoms with van der Waals surface area (Å²) >= 11 is 1.21. The lowest BCUT2D eigenvalue weighted by molar-refractivity contribution is -0.274. The van der Waals surface area contributed by atoms with Gasteiger partial charge in [-0.3, -0.25) is 15.1 Å². The number of carbonyl (C=O) groups excluding carboxylic acids is 1. The van der Waals surface area contributed by atoms with Crippen LogP contribution >= 0.6 is 11.8 Å². The van der Waals surface area contributed by atoms with Crippen LogP contribution in [-0.2, 0) is 4.79 Å². The lowest BCUT2D eigenvalue weighted by atomic mass is 10.1. The first kappa shape index (κ1) is 30.6. The average Bonchev–Trinajstić information content (AvgIpc) is 3.61. The van der Waals surface area contributed by atoms with Gasteiger partial charge in [-0.25, -0.2) is 14.7 Å². The topological polar surface area (TPSA) is 126 Å². The second-order valence-corrected chi connectivity index (χ2v) is 10.2. The van der Waals surface area contributed by atoms with Crippen LogP contribution in [0.5, 0.6) is 11.5 Å². The minimum Gasteiger partial charge on any atom is -0.492 e. The third-order valence-electron chi connectivity index (χ3n) is 6.05. The van der Waals surface area contributed by atoms with Gasteiger partial charge in [0.1, 0.15) is 17.8 Å². The zero-order chi connectivity index (χ0) is 31.3. The molecule has 228 valence electrons. The van der Waals surface area contributed by atoms with Gasteiger partial charge in [-0.15, -0.1) is 18.3 Å². The summed E-state index contributed by atoms with van der Waals surface area (Å²) in [4.78, 5) is 22.6. The second kappa shape index (κ2) is 13.2. The van der Waals surface area contributed by atoms with Gasteiger partial charge in [0.25, 0.3) is 0 Å². The number of thioether (sulfide) groups is 1. The van der Waals surface area contributed by atoms with E-state index in [4.69, 9.17) is 4.74 Å². The van der Waals surface area contributed by atoms with Crippen LogP contribution in [0.3, 0.4) is 0 Å². The minimum atomic E-state index is -4.77. The Kier molecular flexibility index (Phi) is 9.15. The van der Waals surface area contributed by atoms with Gasteiger partial charge >= 0.3 is 6.36 Å². The number of anilines is 1. The Morgan fingerprint density at radius 2 is 1.89 bits per heavy atom. The summed E-state index contributed by atoms with van der Waals surface area (Å²) in [5, 5.41) is 19.2. The van der Waals surface area contributed by atoms with Crippen molar-refractivity contribution in [2.45, 2.75) is 26.6 Å². The molecular formula is C29H26F3N7O4S. The van der Waals surface area contributed by atoms with E-state index in [0.29, 0.717) is 45.9 Å². The van der Waals surface area contributed by atoms with Crippen LogP contribution in [0.2, 0.25) is 0 Å². The maximum Gasteiger partial charge on any atom is 0.573 e. The third-order valence-corrected chi connectivity index (χ3v) is 6.99. The number of aliphatic hydroxyl groups is 1. The van der Waals surface area contributed by atoms with Gasteiger partial charge in [-0.1, -0.05) is 42.1 Å². The summed E-state index contributed by atoms with van der Waals surface area (Å²) in [7, 11) is 0. The largest absolute Gasteiger partial charge is 0.573 e. The Labute approximate surface area is 254 Å². The molecule has 0 radical (unpaired) electrons. The zero-order valence-corrected chi connectivity index (χ0v) is 24.2. The predicted octanol–water partition coefficient (Wildman–Crippen LogP) is 4.88. The summed E-state index contributed by atoms with van der Waals surface area (Å²) in [5.41, 5.74) is 5.95. The molecule has 1 aliphatic rings. The molecule has 3 aromatic carbocycles. The fourth-order valence-electron chi connectivity index (χ4n) is 4.12. The van der Waals surface area contributed by atoms with E-state index in [9.17, 15) is 23.1 Å². The number of nitrogens with one attached hydrogen (secondary N) is 1. The van der Waals surface area contributed by atoms with E-state index in [1.807, 2.05) is 26.0 Å². The number of aromatic nitrogens is 3. The number of hydrogen-bond donors (Lipinski definition) is 2. The molecule has 1 aliphatic heterocycles. The Balaban J connectivity index is 1.21. The van der Waals surface area contributed by atoms with E-state index in [1.54, 1.807) is 30.3 Å². The average molecular weight is 626 g/mol. The number of aliphatic hydroxyl groups excluding tert-OH is 1. The molecule has 0 spiro atoms. The van der Waals surface area contributed by atoms with Crippen molar-refractivity contribution in [3.8, 4) is 28.6 Å². The smallest absolute Gasteiger partial charge is 0.492 e. The number of aryl methyl sites for hydroxylation is 1. The molecule has 2 N–H and O–H groups in total. The number of aliphatic imine (C=N–C) groups is 1. The number of halogens is 3. The number of benzene rings is 3. The summed E-state index contributed by atoms with van der Waals surface area (Å²) < 4.78 is 48.2. The van der Waals surface area contributed by atoms with Crippen molar-refractivity contribution >= 4 is 34.7 Å². The van der Waals surface area contributed by atoms with E-state index < -0.39 is 12.7 Å². The molecule has 1 amide bonds. The quantitative estimate of drug-likeness (QED) is 0.145. The molecule has 4 aromatic rings. The van der Waals surface area contributed by atoms with Crippen molar-refractivity contribution in [2.24, 2.45) is 10.1 Å². The maximum absolute atomic E-state index is 12.7. The van der Waals surface area contributed by atoms with Crippen molar-refractivity contribution in [3.05, 3.63) is 84.2 Å². The molecule has 0 aliphatic carbocycles. The fraction of sp³-hybridized carbons (Fsp3) is 0.207. The number of amidine groups is 1. The Bertz CT molecular complexity index is 1680. The van der Waals surface area contributed by atoms with Gasteiger partial charge in [0, 0.05) is 5.56 Å². The molecule has 1 saturated heterocycles. The molecule has 1 aromatic heterocycles. The number of carbonyl (C=O) groups is 1. The third kappa shape index (κ3) is 7.54. The number of hydrogen-bond acceptors (Lipinski definition) is 10. The molecule has 44 heavy (non-hydrogen) atoms. The monoisotopic (exact) mass is 625 g/mol. The lowest BCUT2D eigenvalue weighted by Gasteiger charge is -2.21. The first-order chi connectivity index (χ1) is 21.1. The van der Waals surface area contributed by atoms with Crippen LogP contribution < -0.4 is 19.8 Å². The van der Waals surface area contributed by atoms with Gasteiger partial charge in [-0.05, 0) is 61.4 Å². The zero-order valence-electron chi connectivity index (χ0n) is 23.4. The van der Waals surface area contributed by atoms with Crippen LogP contribution in [0, 0.1) is 6.92 Å². The van der Waals surface area contributed by atoms with Gasteiger partial charge in [0.05, 0.1) is 29.9 Å². The van der Waals surface area contributed by atoms with Crippen LogP contribution in [-0.4, -0.2) is 62.2 Å². The number of hydrazone groups is 1. The Morgan fingerprint density at radius 1 is 1.14 bits per heavy atom. The van der Waals surface area contributed by atoms with Gasteiger partial charge in [-0.2, -0.15) is 5.10 Å². The number of alkyl halides is 3. The van der Waals surface area contributed by atoms with Gasteiger partial charge in [0.2, 0.25) is 12.3 Å². The highest BCUT2D eigenvalue weighted by molar-refractivity contribution is 8.15. The molecule has 0 saturated carbocycles. The first-order valence-electron chi connectivity index (χ1n) is 13.2. The van der Waals surface area contributed by atoms with Gasteiger partial charge < -0.3 is 14.6 Å². The van der Waals surface area contributed by atoms with Crippen LogP contribution in [0.4, 0.5) is 18.9 Å². The fourth-order valence-corrected chi connectivity index (χ4v) is 5.01. The highest BCUT2D eigenvalue weighted by Crippen LogP contribution is 2.35. The summed E-state index contributed by atoms with van der Waals surface area (Å²) in [6.45, 7) is 4.20. The Hall–Kier alpha value is -4.89. The van der Waals surface area contributed by atoms with E-state index in [0.717, 1.165) is 5.56 Å². The molecule has 2 heterocycles. The predicted molar refractivity (Wildman–Crippen MR) is 160 cm³/mol. The number of ether oxygens (including phenoxy) is 2. The number of nitrogens with zero attached hydrogens (tertiary/aromatic N) is 6. The van der Waals surface area contributed by atoms with Crippen LogP contribution in [0.1, 0.15) is 18.1 Å².